The third-order valence-corrected chi connectivity index (χ3v) is 4.96. The van der Waals surface area contributed by atoms with E-state index >= 15 is 0 Å². The van der Waals surface area contributed by atoms with E-state index in [4.69, 9.17) is 11.6 Å². The van der Waals surface area contributed by atoms with Crippen LogP contribution >= 0.6 is 11.6 Å². The largest absolute Gasteiger partial charge is 0.366 e. The second-order valence-corrected chi connectivity index (χ2v) is 6.78. The highest BCUT2D eigenvalue weighted by atomic mass is 35.5. The van der Waals surface area contributed by atoms with E-state index in [1.165, 1.54) is 17.9 Å². The maximum atomic E-state index is 13.9. The monoisotopic (exact) mass is 389 g/mol. The number of para-hydroxylation sites is 2. The molecule has 1 aliphatic rings. The average molecular weight is 390 g/mol. The standard InChI is InChI=1S/C20H21ClFN3O2/c1-15(26)25(18-8-4-2-6-16(18)21)14-20(27)24-12-10-23(11-13-24)19-9-5-3-7-17(19)22/h2-9H,10-14H2,1H3. The van der Waals surface area contributed by atoms with Crippen LogP contribution in [0, 0.1) is 5.82 Å². The van der Waals surface area contributed by atoms with Gasteiger partial charge in [-0.3, -0.25) is 9.59 Å². The quantitative estimate of drug-likeness (QED) is 0.806. The van der Waals surface area contributed by atoms with Crippen LogP contribution in [0.5, 0.6) is 0 Å². The molecule has 7 heteroatoms. The summed E-state index contributed by atoms with van der Waals surface area (Å²) in [7, 11) is 0. The number of benzene rings is 2. The van der Waals surface area contributed by atoms with Crippen molar-refractivity contribution in [2.75, 3.05) is 42.5 Å². The van der Waals surface area contributed by atoms with Crippen LogP contribution < -0.4 is 9.80 Å². The molecule has 0 atom stereocenters. The fourth-order valence-corrected chi connectivity index (χ4v) is 3.41. The van der Waals surface area contributed by atoms with E-state index in [2.05, 4.69) is 0 Å². The van der Waals surface area contributed by atoms with Crippen molar-refractivity contribution in [3.8, 4) is 0 Å². The molecule has 0 saturated carbocycles. The number of hydrogen-bond acceptors (Lipinski definition) is 3. The van der Waals surface area contributed by atoms with Gasteiger partial charge in [0.15, 0.2) is 0 Å². The molecule has 0 aromatic heterocycles. The molecule has 27 heavy (non-hydrogen) atoms. The lowest BCUT2D eigenvalue weighted by Crippen LogP contribution is -2.52. The Morgan fingerprint density at radius 3 is 2.30 bits per heavy atom. The summed E-state index contributed by atoms with van der Waals surface area (Å²) in [5.74, 6) is -0.668. The van der Waals surface area contributed by atoms with Crippen molar-refractivity contribution in [3.63, 3.8) is 0 Å². The van der Waals surface area contributed by atoms with Crippen LogP contribution in [0.2, 0.25) is 5.02 Å². The fourth-order valence-electron chi connectivity index (χ4n) is 3.18. The van der Waals surface area contributed by atoms with Gasteiger partial charge in [-0.2, -0.15) is 0 Å². The van der Waals surface area contributed by atoms with Crippen LogP contribution in [-0.2, 0) is 9.59 Å². The van der Waals surface area contributed by atoms with Gasteiger partial charge in [0.25, 0.3) is 0 Å². The molecule has 1 fully saturated rings. The van der Waals surface area contributed by atoms with Crippen molar-refractivity contribution in [1.29, 1.82) is 0 Å². The first kappa shape index (κ1) is 19.2. The highest BCUT2D eigenvalue weighted by Gasteiger charge is 2.26. The molecule has 0 unspecified atom stereocenters. The van der Waals surface area contributed by atoms with E-state index in [-0.39, 0.29) is 24.2 Å². The van der Waals surface area contributed by atoms with Gasteiger partial charge in [0.1, 0.15) is 12.4 Å². The summed E-state index contributed by atoms with van der Waals surface area (Å²) >= 11 is 6.17. The molecule has 1 heterocycles. The second kappa shape index (κ2) is 8.39. The van der Waals surface area contributed by atoms with Crippen LogP contribution in [0.15, 0.2) is 48.5 Å². The van der Waals surface area contributed by atoms with Gasteiger partial charge in [-0.1, -0.05) is 35.9 Å². The maximum Gasteiger partial charge on any atom is 0.242 e. The number of piperazine rings is 1. The van der Waals surface area contributed by atoms with Crippen molar-refractivity contribution in [2.45, 2.75) is 6.92 Å². The van der Waals surface area contributed by atoms with Crippen molar-refractivity contribution < 1.29 is 14.0 Å². The normalized spacial score (nSPS) is 14.2. The summed E-state index contributed by atoms with van der Waals surface area (Å²) in [5, 5.41) is 0.421. The number of amides is 2. The van der Waals surface area contributed by atoms with E-state index in [0.29, 0.717) is 42.6 Å². The van der Waals surface area contributed by atoms with Crippen LogP contribution in [0.4, 0.5) is 15.8 Å². The molecule has 3 rings (SSSR count). The predicted octanol–water partition coefficient (Wildman–Crippen LogP) is 3.18. The molecule has 2 aromatic rings. The van der Waals surface area contributed by atoms with Gasteiger partial charge in [-0.25, -0.2) is 4.39 Å². The Morgan fingerprint density at radius 2 is 1.67 bits per heavy atom. The second-order valence-electron chi connectivity index (χ2n) is 6.38. The third-order valence-electron chi connectivity index (χ3n) is 4.64. The maximum absolute atomic E-state index is 13.9. The fraction of sp³-hybridized carbons (Fsp3) is 0.300. The molecule has 2 amide bonds. The SMILES string of the molecule is CC(=O)N(CC(=O)N1CCN(c2ccccc2F)CC1)c1ccccc1Cl. The number of rotatable bonds is 4. The number of hydrogen-bond donors (Lipinski definition) is 0. The van der Waals surface area contributed by atoms with Crippen LogP contribution in [-0.4, -0.2) is 49.4 Å². The zero-order valence-corrected chi connectivity index (χ0v) is 15.8. The van der Waals surface area contributed by atoms with Crippen molar-refractivity contribution >= 4 is 34.8 Å². The number of carbonyl (C=O) groups is 2. The minimum absolute atomic E-state index is 0.0707. The zero-order chi connectivity index (χ0) is 19.4. The van der Waals surface area contributed by atoms with Crippen molar-refractivity contribution in [1.82, 2.24) is 4.90 Å². The predicted molar refractivity (Wildman–Crippen MR) is 105 cm³/mol. The molecule has 142 valence electrons. The number of halogens is 2. The minimum Gasteiger partial charge on any atom is -0.366 e. The number of nitrogens with zero attached hydrogens (tertiary/aromatic N) is 3. The summed E-state index contributed by atoms with van der Waals surface area (Å²) in [6, 6.07) is 13.6. The molecular weight excluding hydrogens is 369 g/mol. The molecule has 2 aromatic carbocycles. The minimum atomic E-state index is -0.265. The van der Waals surface area contributed by atoms with Gasteiger partial charge in [0.05, 0.1) is 16.4 Å². The first-order valence-electron chi connectivity index (χ1n) is 8.77. The lowest BCUT2D eigenvalue weighted by molar-refractivity contribution is -0.131. The molecule has 1 aliphatic heterocycles. The Balaban J connectivity index is 1.64. The lowest BCUT2D eigenvalue weighted by Gasteiger charge is -2.37. The molecule has 0 N–H and O–H groups in total. The van der Waals surface area contributed by atoms with Gasteiger partial charge in [-0.15, -0.1) is 0 Å². The van der Waals surface area contributed by atoms with Gasteiger partial charge in [-0.05, 0) is 24.3 Å². The molecule has 0 radical (unpaired) electrons. The molecular formula is C20H21ClFN3O2. The van der Waals surface area contributed by atoms with E-state index in [1.807, 2.05) is 4.90 Å². The Hall–Kier alpha value is -2.60. The molecule has 5 nitrogen and oxygen atoms in total. The summed E-state index contributed by atoms with van der Waals surface area (Å²) in [5.41, 5.74) is 1.07. The van der Waals surface area contributed by atoms with Gasteiger partial charge >= 0.3 is 0 Å². The summed E-state index contributed by atoms with van der Waals surface area (Å²) < 4.78 is 13.9. The molecule has 1 saturated heterocycles. The molecule has 0 aliphatic carbocycles. The van der Waals surface area contributed by atoms with Gasteiger partial charge in [0.2, 0.25) is 11.8 Å². The van der Waals surface area contributed by atoms with E-state index in [1.54, 1.807) is 47.4 Å². The Kier molecular flexibility index (Phi) is 5.96. The highest BCUT2D eigenvalue weighted by molar-refractivity contribution is 6.33. The topological polar surface area (TPSA) is 43.9 Å². The van der Waals surface area contributed by atoms with Crippen LogP contribution in [0.1, 0.15) is 6.92 Å². The Morgan fingerprint density at radius 1 is 1.04 bits per heavy atom. The Labute approximate surface area is 162 Å². The van der Waals surface area contributed by atoms with Crippen molar-refractivity contribution in [2.24, 2.45) is 0 Å². The smallest absolute Gasteiger partial charge is 0.242 e. The number of carbonyl (C=O) groups excluding carboxylic acids is 2. The first-order valence-corrected chi connectivity index (χ1v) is 9.15. The van der Waals surface area contributed by atoms with Crippen molar-refractivity contribution in [3.05, 3.63) is 59.4 Å². The number of anilines is 2. The first-order chi connectivity index (χ1) is 13.0. The van der Waals surface area contributed by atoms with E-state index in [0.717, 1.165) is 0 Å². The van der Waals surface area contributed by atoms with Crippen LogP contribution in [0.25, 0.3) is 0 Å². The lowest BCUT2D eigenvalue weighted by atomic mass is 10.2. The third kappa shape index (κ3) is 4.39. The molecule has 0 spiro atoms. The summed E-state index contributed by atoms with van der Waals surface area (Å²) in [6.45, 7) is 3.37. The van der Waals surface area contributed by atoms with Gasteiger partial charge in [0, 0.05) is 33.1 Å². The molecule has 0 bridgehead atoms. The average Bonchev–Trinajstić information content (AvgIpc) is 2.67. The zero-order valence-electron chi connectivity index (χ0n) is 15.1. The van der Waals surface area contributed by atoms with E-state index < -0.39 is 0 Å². The van der Waals surface area contributed by atoms with Gasteiger partial charge < -0.3 is 14.7 Å². The summed E-state index contributed by atoms with van der Waals surface area (Å²) in [4.78, 5) is 29.7. The van der Waals surface area contributed by atoms with Crippen LogP contribution in [0.3, 0.4) is 0 Å². The summed E-state index contributed by atoms with van der Waals surface area (Å²) in [6.07, 6.45) is 0. The Bertz CT molecular complexity index is 837. The van der Waals surface area contributed by atoms with E-state index in [9.17, 15) is 14.0 Å². The highest BCUT2D eigenvalue weighted by Crippen LogP contribution is 2.26.